The van der Waals surface area contributed by atoms with Gasteiger partial charge in [-0.25, -0.2) is 0 Å². The number of benzene rings is 2. The summed E-state index contributed by atoms with van der Waals surface area (Å²) in [5, 5.41) is 5.92. The molecule has 0 radical (unpaired) electrons. The molecule has 26 heavy (non-hydrogen) atoms. The van der Waals surface area contributed by atoms with E-state index in [1.54, 1.807) is 31.2 Å². The first-order valence-corrected chi connectivity index (χ1v) is 8.96. The van der Waals surface area contributed by atoms with Crippen molar-refractivity contribution >= 4 is 23.4 Å². The zero-order chi connectivity index (χ0) is 18.5. The minimum absolute atomic E-state index is 0.209. The van der Waals surface area contributed by atoms with Crippen molar-refractivity contribution in [3.63, 3.8) is 0 Å². The highest BCUT2D eigenvalue weighted by atomic mass is 35.5. The highest BCUT2D eigenvalue weighted by molar-refractivity contribution is 6.33. The van der Waals surface area contributed by atoms with Gasteiger partial charge in [0.1, 0.15) is 11.8 Å². The molecule has 1 aliphatic rings. The van der Waals surface area contributed by atoms with E-state index in [0.29, 0.717) is 23.7 Å². The van der Waals surface area contributed by atoms with Crippen LogP contribution in [0.2, 0.25) is 5.02 Å². The summed E-state index contributed by atoms with van der Waals surface area (Å²) in [4.78, 5) is 24.5. The normalized spacial score (nSPS) is 16.8. The predicted molar refractivity (Wildman–Crippen MR) is 101 cm³/mol. The van der Waals surface area contributed by atoms with Gasteiger partial charge in [0.05, 0.1) is 17.2 Å². The maximum atomic E-state index is 12.3. The summed E-state index contributed by atoms with van der Waals surface area (Å²) in [6.07, 6.45) is 0.858. The Morgan fingerprint density at radius 1 is 1.19 bits per heavy atom. The second kappa shape index (κ2) is 8.23. The van der Waals surface area contributed by atoms with Gasteiger partial charge < -0.3 is 15.4 Å². The summed E-state index contributed by atoms with van der Waals surface area (Å²) in [7, 11) is 0. The molecule has 0 bridgehead atoms. The van der Waals surface area contributed by atoms with Crippen LogP contribution in [0.5, 0.6) is 5.75 Å². The van der Waals surface area contributed by atoms with Crippen molar-refractivity contribution in [1.82, 2.24) is 10.6 Å². The number of carbonyl (C=O) groups excluding carboxylic acids is 2. The van der Waals surface area contributed by atoms with E-state index in [4.69, 9.17) is 16.3 Å². The monoisotopic (exact) mass is 372 g/mol. The van der Waals surface area contributed by atoms with Gasteiger partial charge in [0.2, 0.25) is 5.91 Å². The Kier molecular flexibility index (Phi) is 5.78. The van der Waals surface area contributed by atoms with E-state index in [1.807, 2.05) is 24.3 Å². The van der Waals surface area contributed by atoms with Crippen molar-refractivity contribution in [2.45, 2.75) is 19.4 Å². The number of fused-ring (bicyclic) bond motifs is 1. The van der Waals surface area contributed by atoms with Crippen LogP contribution >= 0.6 is 11.6 Å². The molecule has 2 atom stereocenters. The maximum absolute atomic E-state index is 12.3. The largest absolute Gasteiger partial charge is 0.493 e. The molecule has 0 aliphatic carbocycles. The molecule has 0 spiro atoms. The van der Waals surface area contributed by atoms with Crippen LogP contribution in [0.25, 0.3) is 0 Å². The van der Waals surface area contributed by atoms with Crippen molar-refractivity contribution in [1.29, 1.82) is 0 Å². The number of carbonyl (C=O) groups is 2. The molecule has 0 fully saturated rings. The van der Waals surface area contributed by atoms with E-state index >= 15 is 0 Å². The summed E-state index contributed by atoms with van der Waals surface area (Å²) in [6.45, 7) is 2.72. The average Bonchev–Trinajstić information content (AvgIpc) is 2.66. The lowest BCUT2D eigenvalue weighted by Crippen LogP contribution is -2.46. The maximum Gasteiger partial charge on any atom is 0.253 e. The lowest BCUT2D eigenvalue weighted by Gasteiger charge is -2.26. The van der Waals surface area contributed by atoms with Gasteiger partial charge in [0.15, 0.2) is 0 Å². The zero-order valence-electron chi connectivity index (χ0n) is 14.5. The number of rotatable bonds is 5. The number of halogens is 1. The molecule has 2 aromatic carbocycles. The first-order chi connectivity index (χ1) is 12.5. The van der Waals surface area contributed by atoms with Crippen molar-refractivity contribution < 1.29 is 14.3 Å². The number of hydrogen-bond donors (Lipinski definition) is 2. The van der Waals surface area contributed by atoms with E-state index < -0.39 is 6.04 Å². The molecule has 2 aromatic rings. The quantitative estimate of drug-likeness (QED) is 0.848. The van der Waals surface area contributed by atoms with Gasteiger partial charge in [-0.3, -0.25) is 9.59 Å². The number of hydrogen-bond acceptors (Lipinski definition) is 3. The highest BCUT2D eigenvalue weighted by Crippen LogP contribution is 2.26. The van der Waals surface area contributed by atoms with E-state index in [1.165, 1.54) is 0 Å². The van der Waals surface area contributed by atoms with Crippen LogP contribution in [0.4, 0.5) is 0 Å². The minimum atomic E-state index is -0.657. The second-order valence-corrected chi connectivity index (χ2v) is 6.82. The number of ether oxygens (including phenoxy) is 1. The molecular formula is C20H21ClN2O3. The second-order valence-electron chi connectivity index (χ2n) is 6.41. The third-order valence-electron chi connectivity index (χ3n) is 4.38. The van der Waals surface area contributed by atoms with Crippen LogP contribution in [-0.4, -0.2) is 31.0 Å². The Bertz CT molecular complexity index is 809. The SMILES string of the molecule is CC(NC(=O)c1ccccc1Cl)C(=O)NCC1COc2ccccc2C1. The van der Waals surface area contributed by atoms with Gasteiger partial charge in [-0.15, -0.1) is 0 Å². The third-order valence-corrected chi connectivity index (χ3v) is 4.71. The Balaban J connectivity index is 1.49. The van der Waals surface area contributed by atoms with Crippen molar-refractivity contribution in [3.05, 3.63) is 64.7 Å². The molecule has 1 heterocycles. The minimum Gasteiger partial charge on any atom is -0.493 e. The van der Waals surface area contributed by atoms with E-state index in [-0.39, 0.29) is 17.7 Å². The Labute approximate surface area is 157 Å². The van der Waals surface area contributed by atoms with Gasteiger partial charge in [-0.05, 0) is 37.1 Å². The van der Waals surface area contributed by atoms with E-state index in [0.717, 1.165) is 17.7 Å². The first-order valence-electron chi connectivity index (χ1n) is 8.58. The molecule has 2 unspecified atom stereocenters. The van der Waals surface area contributed by atoms with Crippen LogP contribution in [0, 0.1) is 5.92 Å². The summed E-state index contributed by atoms with van der Waals surface area (Å²) in [6, 6.07) is 14.0. The van der Waals surface area contributed by atoms with Crippen LogP contribution in [0.1, 0.15) is 22.8 Å². The van der Waals surface area contributed by atoms with Crippen LogP contribution < -0.4 is 15.4 Å². The van der Waals surface area contributed by atoms with E-state index in [9.17, 15) is 9.59 Å². The number of nitrogens with one attached hydrogen (secondary N) is 2. The molecule has 0 saturated carbocycles. The van der Waals surface area contributed by atoms with E-state index in [2.05, 4.69) is 10.6 Å². The van der Waals surface area contributed by atoms with Gasteiger partial charge in [0.25, 0.3) is 5.91 Å². The van der Waals surface area contributed by atoms with Gasteiger partial charge in [-0.1, -0.05) is 41.9 Å². The van der Waals surface area contributed by atoms with Crippen molar-refractivity contribution in [3.8, 4) is 5.75 Å². The molecular weight excluding hydrogens is 352 g/mol. The van der Waals surface area contributed by atoms with Crippen LogP contribution in [0.3, 0.4) is 0 Å². The summed E-state index contributed by atoms with van der Waals surface area (Å²) in [5.41, 5.74) is 1.50. The topological polar surface area (TPSA) is 67.4 Å². The molecule has 0 saturated heterocycles. The predicted octanol–water partition coefficient (Wildman–Crippen LogP) is 2.83. The summed E-state index contributed by atoms with van der Waals surface area (Å²) >= 11 is 6.01. The molecule has 2 amide bonds. The fourth-order valence-corrected chi connectivity index (χ4v) is 3.13. The van der Waals surface area contributed by atoms with Gasteiger partial charge >= 0.3 is 0 Å². The molecule has 6 heteroatoms. The van der Waals surface area contributed by atoms with Gasteiger partial charge in [0, 0.05) is 12.5 Å². The summed E-state index contributed by atoms with van der Waals surface area (Å²) in [5.74, 6) is 0.521. The highest BCUT2D eigenvalue weighted by Gasteiger charge is 2.22. The van der Waals surface area contributed by atoms with Crippen LogP contribution in [-0.2, 0) is 11.2 Å². The van der Waals surface area contributed by atoms with Gasteiger partial charge in [-0.2, -0.15) is 0 Å². The zero-order valence-corrected chi connectivity index (χ0v) is 15.3. The molecule has 3 rings (SSSR count). The molecule has 5 nitrogen and oxygen atoms in total. The smallest absolute Gasteiger partial charge is 0.253 e. The molecule has 136 valence electrons. The molecule has 2 N–H and O–H groups in total. The lowest BCUT2D eigenvalue weighted by atomic mass is 9.96. The number of amides is 2. The number of para-hydroxylation sites is 1. The lowest BCUT2D eigenvalue weighted by molar-refractivity contribution is -0.122. The summed E-state index contributed by atoms with van der Waals surface area (Å²) < 4.78 is 5.73. The fourth-order valence-electron chi connectivity index (χ4n) is 2.91. The standard InChI is InChI=1S/C20H21ClN2O3/c1-13(23-20(25)16-7-3-4-8-17(16)21)19(24)22-11-14-10-15-6-2-5-9-18(15)26-12-14/h2-9,13-14H,10-12H2,1H3,(H,22,24)(H,23,25). The van der Waals surface area contributed by atoms with Crippen LogP contribution in [0.15, 0.2) is 48.5 Å². The Morgan fingerprint density at radius 3 is 2.73 bits per heavy atom. The van der Waals surface area contributed by atoms with Crippen molar-refractivity contribution in [2.24, 2.45) is 5.92 Å². The average molecular weight is 373 g/mol. The fraction of sp³-hybridized carbons (Fsp3) is 0.300. The molecule has 1 aliphatic heterocycles. The van der Waals surface area contributed by atoms with Crippen molar-refractivity contribution in [2.75, 3.05) is 13.2 Å². The molecule has 0 aromatic heterocycles. The first kappa shape index (κ1) is 18.3. The Hall–Kier alpha value is -2.53. The third kappa shape index (κ3) is 4.35. The Morgan fingerprint density at radius 2 is 1.92 bits per heavy atom.